The number of nitrogens with zero attached hydrogens (tertiary/aromatic N) is 1. The Bertz CT molecular complexity index is 474. The van der Waals surface area contributed by atoms with Crippen LogP contribution >= 0.6 is 0 Å². The molecule has 5 N–H and O–H groups in total. The van der Waals surface area contributed by atoms with Gasteiger partial charge in [0.1, 0.15) is 5.82 Å². The van der Waals surface area contributed by atoms with Gasteiger partial charge in [0.2, 0.25) is 0 Å². The van der Waals surface area contributed by atoms with Gasteiger partial charge in [-0.15, -0.1) is 0 Å². The molecule has 0 saturated carbocycles. The molecule has 0 atom stereocenters. The highest BCUT2D eigenvalue weighted by molar-refractivity contribution is 5.96. The van der Waals surface area contributed by atoms with Crippen molar-refractivity contribution in [2.75, 3.05) is 5.32 Å². The average molecular weight is 254 g/mol. The molecule has 2 amide bonds. The summed E-state index contributed by atoms with van der Waals surface area (Å²) < 4.78 is 12.9. The van der Waals surface area contributed by atoms with Crippen LogP contribution in [0.2, 0.25) is 0 Å². The minimum atomic E-state index is -1.02. The van der Waals surface area contributed by atoms with Gasteiger partial charge < -0.3 is 21.6 Å². The molecule has 98 valence electrons. The van der Waals surface area contributed by atoms with E-state index < -0.39 is 17.4 Å². The lowest BCUT2D eigenvalue weighted by Crippen LogP contribution is -2.54. The summed E-state index contributed by atoms with van der Waals surface area (Å²) in [5.41, 5.74) is 4.70. The number of oxime groups is 1. The van der Waals surface area contributed by atoms with Gasteiger partial charge in [0.05, 0.1) is 5.54 Å². The number of carbonyl (C=O) groups is 1. The Labute approximate surface area is 104 Å². The van der Waals surface area contributed by atoms with Crippen LogP contribution in [0, 0.1) is 5.82 Å². The lowest BCUT2D eigenvalue weighted by Gasteiger charge is -2.24. The Morgan fingerprint density at radius 3 is 2.72 bits per heavy atom. The Balaban J connectivity index is 2.68. The van der Waals surface area contributed by atoms with Crippen molar-refractivity contribution in [2.45, 2.75) is 19.4 Å². The summed E-state index contributed by atoms with van der Waals surface area (Å²) in [5, 5.41) is 16.3. The lowest BCUT2D eigenvalue weighted by molar-refractivity contribution is 0.246. The number of hydrogen-bond donors (Lipinski definition) is 4. The number of hydrogen-bond acceptors (Lipinski definition) is 3. The quantitative estimate of drug-likeness (QED) is 0.284. The third-order valence-electron chi connectivity index (χ3n) is 2.26. The van der Waals surface area contributed by atoms with Gasteiger partial charge in [0, 0.05) is 5.69 Å². The zero-order valence-electron chi connectivity index (χ0n) is 10.1. The molecule has 0 aliphatic rings. The summed E-state index contributed by atoms with van der Waals surface area (Å²) in [6.45, 7) is 3.13. The second-order valence-electron chi connectivity index (χ2n) is 4.20. The van der Waals surface area contributed by atoms with E-state index in [1.54, 1.807) is 19.9 Å². The van der Waals surface area contributed by atoms with Crippen LogP contribution in [0.25, 0.3) is 0 Å². The molecule has 0 unspecified atom stereocenters. The standard InChI is InChI=1S/C11H15FN4O2/c1-11(2,9(13)16-18)15-10(17)14-8-5-3-4-7(12)6-8/h3-6,18H,1-2H3,(H2,13,16)(H2,14,15,17). The summed E-state index contributed by atoms with van der Waals surface area (Å²) in [7, 11) is 0. The molecule has 0 radical (unpaired) electrons. The van der Waals surface area contributed by atoms with Crippen LogP contribution in [-0.4, -0.2) is 22.6 Å². The molecule has 0 fully saturated rings. The number of anilines is 1. The number of rotatable bonds is 3. The van der Waals surface area contributed by atoms with Crippen molar-refractivity contribution < 1.29 is 14.4 Å². The molecule has 0 heterocycles. The van der Waals surface area contributed by atoms with Crippen molar-refractivity contribution in [1.82, 2.24) is 5.32 Å². The first kappa shape index (κ1) is 13.8. The number of carbonyl (C=O) groups excluding carboxylic acids is 1. The van der Waals surface area contributed by atoms with Crippen molar-refractivity contribution in [1.29, 1.82) is 0 Å². The maximum Gasteiger partial charge on any atom is 0.320 e. The lowest BCUT2D eigenvalue weighted by atomic mass is 10.1. The fourth-order valence-electron chi connectivity index (χ4n) is 1.20. The molecule has 1 rings (SSSR count). The predicted octanol–water partition coefficient (Wildman–Crippen LogP) is 1.47. The smallest absolute Gasteiger partial charge is 0.320 e. The molecule has 0 aliphatic carbocycles. The highest BCUT2D eigenvalue weighted by Gasteiger charge is 2.25. The third kappa shape index (κ3) is 3.62. The molecule has 1 aromatic carbocycles. The van der Waals surface area contributed by atoms with E-state index in [0.717, 1.165) is 0 Å². The van der Waals surface area contributed by atoms with Crippen molar-refractivity contribution in [2.24, 2.45) is 10.9 Å². The van der Waals surface area contributed by atoms with Crippen LogP contribution < -0.4 is 16.4 Å². The molecular formula is C11H15FN4O2. The Hall–Kier alpha value is -2.31. The van der Waals surface area contributed by atoms with Gasteiger partial charge in [-0.1, -0.05) is 11.2 Å². The van der Waals surface area contributed by atoms with Crippen LogP contribution in [0.4, 0.5) is 14.9 Å². The molecule has 6 nitrogen and oxygen atoms in total. The number of halogens is 1. The monoisotopic (exact) mass is 254 g/mol. The van der Waals surface area contributed by atoms with Crippen LogP contribution in [-0.2, 0) is 0 Å². The van der Waals surface area contributed by atoms with Crippen LogP contribution in [0.15, 0.2) is 29.4 Å². The molecule has 7 heteroatoms. The number of amidine groups is 1. The molecule has 0 bridgehead atoms. The van der Waals surface area contributed by atoms with E-state index in [9.17, 15) is 9.18 Å². The van der Waals surface area contributed by atoms with E-state index in [1.165, 1.54) is 18.2 Å². The minimum absolute atomic E-state index is 0.142. The summed E-state index contributed by atoms with van der Waals surface area (Å²) in [4.78, 5) is 11.6. The largest absolute Gasteiger partial charge is 0.409 e. The number of nitrogens with two attached hydrogens (primary N) is 1. The Kier molecular flexibility index (Phi) is 4.09. The zero-order chi connectivity index (χ0) is 13.8. The zero-order valence-corrected chi connectivity index (χ0v) is 10.1. The summed E-state index contributed by atoms with van der Waals surface area (Å²) in [6, 6.07) is 4.87. The first-order valence-corrected chi connectivity index (χ1v) is 5.18. The maximum atomic E-state index is 12.9. The fraction of sp³-hybridized carbons (Fsp3) is 0.273. The second kappa shape index (κ2) is 5.35. The normalized spacial score (nSPS) is 12.1. The molecule has 0 spiro atoms. The maximum absolute atomic E-state index is 12.9. The highest BCUT2D eigenvalue weighted by atomic mass is 19.1. The van der Waals surface area contributed by atoms with Crippen molar-refractivity contribution in [3.8, 4) is 0 Å². The average Bonchev–Trinajstić information content (AvgIpc) is 2.26. The summed E-state index contributed by atoms with van der Waals surface area (Å²) in [5.74, 6) is -0.597. The molecular weight excluding hydrogens is 239 g/mol. The first-order valence-electron chi connectivity index (χ1n) is 5.18. The number of urea groups is 1. The van der Waals surface area contributed by atoms with E-state index in [0.29, 0.717) is 5.69 Å². The van der Waals surface area contributed by atoms with Crippen LogP contribution in [0.5, 0.6) is 0 Å². The van der Waals surface area contributed by atoms with E-state index in [1.807, 2.05) is 0 Å². The SMILES string of the molecule is CC(C)(NC(=O)Nc1cccc(F)c1)/C(N)=N/O. The van der Waals surface area contributed by atoms with Crippen molar-refractivity contribution in [3.63, 3.8) is 0 Å². The number of amides is 2. The molecule has 0 aliphatic heterocycles. The molecule has 1 aromatic rings. The molecule has 18 heavy (non-hydrogen) atoms. The highest BCUT2D eigenvalue weighted by Crippen LogP contribution is 2.09. The first-order chi connectivity index (χ1) is 8.35. The van der Waals surface area contributed by atoms with Crippen LogP contribution in [0.3, 0.4) is 0 Å². The van der Waals surface area contributed by atoms with Gasteiger partial charge in [0.15, 0.2) is 5.84 Å². The summed E-state index contributed by atoms with van der Waals surface area (Å²) >= 11 is 0. The number of nitrogens with one attached hydrogen (secondary N) is 2. The second-order valence-corrected chi connectivity index (χ2v) is 4.20. The van der Waals surface area contributed by atoms with Crippen LogP contribution in [0.1, 0.15) is 13.8 Å². The van der Waals surface area contributed by atoms with Gasteiger partial charge in [-0.25, -0.2) is 9.18 Å². The Morgan fingerprint density at radius 2 is 2.17 bits per heavy atom. The van der Waals surface area contributed by atoms with E-state index in [-0.39, 0.29) is 5.84 Å². The van der Waals surface area contributed by atoms with E-state index in [2.05, 4.69) is 15.8 Å². The van der Waals surface area contributed by atoms with Gasteiger partial charge in [-0.2, -0.15) is 0 Å². The number of benzene rings is 1. The molecule has 0 saturated heterocycles. The minimum Gasteiger partial charge on any atom is -0.409 e. The van der Waals surface area contributed by atoms with Gasteiger partial charge in [0.25, 0.3) is 0 Å². The van der Waals surface area contributed by atoms with Crippen molar-refractivity contribution >= 4 is 17.6 Å². The van der Waals surface area contributed by atoms with E-state index >= 15 is 0 Å². The topological polar surface area (TPSA) is 99.7 Å². The summed E-state index contributed by atoms with van der Waals surface area (Å²) in [6.07, 6.45) is 0. The Morgan fingerprint density at radius 1 is 1.50 bits per heavy atom. The molecule has 0 aromatic heterocycles. The third-order valence-corrected chi connectivity index (χ3v) is 2.26. The van der Waals surface area contributed by atoms with Gasteiger partial charge in [-0.3, -0.25) is 0 Å². The fourth-order valence-corrected chi connectivity index (χ4v) is 1.20. The predicted molar refractivity (Wildman–Crippen MR) is 66.0 cm³/mol. The van der Waals surface area contributed by atoms with Gasteiger partial charge in [-0.05, 0) is 32.0 Å². The van der Waals surface area contributed by atoms with E-state index in [4.69, 9.17) is 10.9 Å². The van der Waals surface area contributed by atoms with Gasteiger partial charge >= 0.3 is 6.03 Å². The van der Waals surface area contributed by atoms with Crippen molar-refractivity contribution in [3.05, 3.63) is 30.1 Å².